The standard InChI is InChI=1S/C24H23N3O3S/c28-23(20-15-19-3-1-2-4-21(19)30-24(20)29)27-11-6-18(7-12-27)22-25-9-13-26(22)10-5-17-8-14-31-16-17/h1-4,8-9,13-16,18H,5-7,10-12H2. The minimum atomic E-state index is -0.574. The number of nitrogens with zero attached hydrogens (tertiary/aromatic N) is 3. The van der Waals surface area contributed by atoms with E-state index in [0.29, 0.717) is 24.6 Å². The number of carbonyl (C=O) groups excluding carboxylic acids is 1. The molecule has 1 aliphatic heterocycles. The van der Waals surface area contributed by atoms with Crippen molar-refractivity contribution in [2.75, 3.05) is 13.1 Å². The Morgan fingerprint density at radius 3 is 2.84 bits per heavy atom. The minimum absolute atomic E-state index is 0.106. The Labute approximate surface area is 183 Å². The van der Waals surface area contributed by atoms with Crippen LogP contribution in [0.25, 0.3) is 11.0 Å². The first-order valence-electron chi connectivity index (χ1n) is 10.5. The average molecular weight is 434 g/mol. The predicted molar refractivity (Wildman–Crippen MR) is 121 cm³/mol. The third-order valence-corrected chi connectivity index (χ3v) is 6.72. The molecule has 0 atom stereocenters. The number of aromatic nitrogens is 2. The molecule has 1 aromatic carbocycles. The first-order valence-corrected chi connectivity index (χ1v) is 11.5. The molecule has 0 aliphatic carbocycles. The van der Waals surface area contributed by atoms with Crippen molar-refractivity contribution in [1.29, 1.82) is 0 Å². The summed E-state index contributed by atoms with van der Waals surface area (Å²) < 4.78 is 7.58. The summed E-state index contributed by atoms with van der Waals surface area (Å²) in [6.45, 7) is 2.11. The van der Waals surface area contributed by atoms with Crippen molar-refractivity contribution in [1.82, 2.24) is 14.5 Å². The average Bonchev–Trinajstić information content (AvgIpc) is 3.49. The predicted octanol–water partition coefficient (Wildman–Crippen LogP) is 4.31. The van der Waals surface area contributed by atoms with Crippen molar-refractivity contribution in [2.24, 2.45) is 0 Å². The number of amides is 1. The van der Waals surface area contributed by atoms with Crippen LogP contribution in [0.4, 0.5) is 0 Å². The van der Waals surface area contributed by atoms with Gasteiger partial charge in [-0.15, -0.1) is 0 Å². The van der Waals surface area contributed by atoms with Gasteiger partial charge in [-0.25, -0.2) is 9.78 Å². The second-order valence-corrected chi connectivity index (χ2v) is 8.69. The summed E-state index contributed by atoms with van der Waals surface area (Å²) in [7, 11) is 0. The Bertz CT molecular complexity index is 1250. The maximum Gasteiger partial charge on any atom is 0.349 e. The Morgan fingerprint density at radius 2 is 2.03 bits per heavy atom. The lowest BCUT2D eigenvalue weighted by atomic mass is 9.95. The van der Waals surface area contributed by atoms with Crippen LogP contribution >= 0.6 is 11.3 Å². The molecule has 0 radical (unpaired) electrons. The van der Waals surface area contributed by atoms with Crippen LogP contribution in [0.15, 0.2) is 68.8 Å². The molecule has 31 heavy (non-hydrogen) atoms. The van der Waals surface area contributed by atoms with Crippen molar-refractivity contribution < 1.29 is 9.21 Å². The van der Waals surface area contributed by atoms with E-state index in [-0.39, 0.29) is 11.5 Å². The van der Waals surface area contributed by atoms with E-state index < -0.39 is 5.63 Å². The topological polar surface area (TPSA) is 68.3 Å². The molecule has 1 fully saturated rings. The van der Waals surface area contributed by atoms with Crippen molar-refractivity contribution >= 4 is 28.2 Å². The number of likely N-dealkylation sites (tertiary alicyclic amines) is 1. The van der Waals surface area contributed by atoms with E-state index in [9.17, 15) is 9.59 Å². The fourth-order valence-corrected chi connectivity index (χ4v) is 4.98. The van der Waals surface area contributed by atoms with E-state index in [1.54, 1.807) is 28.4 Å². The highest BCUT2D eigenvalue weighted by Gasteiger charge is 2.28. The zero-order valence-corrected chi connectivity index (χ0v) is 17.9. The minimum Gasteiger partial charge on any atom is -0.422 e. The number of rotatable bonds is 5. The third kappa shape index (κ3) is 4.05. The van der Waals surface area contributed by atoms with Gasteiger partial charge in [-0.1, -0.05) is 18.2 Å². The number of carbonyl (C=O) groups is 1. The van der Waals surface area contributed by atoms with Gasteiger partial charge in [0.2, 0.25) is 0 Å². The van der Waals surface area contributed by atoms with E-state index in [1.165, 1.54) is 5.56 Å². The van der Waals surface area contributed by atoms with E-state index in [0.717, 1.165) is 37.0 Å². The van der Waals surface area contributed by atoms with Gasteiger partial charge in [-0.2, -0.15) is 11.3 Å². The molecule has 0 N–H and O–H groups in total. The maximum atomic E-state index is 13.0. The monoisotopic (exact) mass is 433 g/mol. The SMILES string of the molecule is O=C(c1cc2ccccc2oc1=O)N1CCC(c2nccn2CCc2ccsc2)CC1. The van der Waals surface area contributed by atoms with Gasteiger partial charge >= 0.3 is 5.63 Å². The quantitative estimate of drug-likeness (QED) is 0.440. The second kappa shape index (κ2) is 8.51. The van der Waals surface area contributed by atoms with Crippen LogP contribution in [0.3, 0.4) is 0 Å². The molecule has 0 saturated carbocycles. The largest absolute Gasteiger partial charge is 0.422 e. The molecule has 0 spiro atoms. The van der Waals surface area contributed by atoms with Crippen molar-refractivity contribution in [3.05, 3.63) is 86.9 Å². The first kappa shape index (κ1) is 19.8. The van der Waals surface area contributed by atoms with Gasteiger partial charge in [-0.3, -0.25) is 4.79 Å². The molecule has 1 amide bonds. The maximum absolute atomic E-state index is 13.0. The van der Waals surface area contributed by atoms with Gasteiger partial charge in [0.1, 0.15) is 17.0 Å². The molecule has 7 heteroatoms. The number of aryl methyl sites for hydroxylation is 2. The van der Waals surface area contributed by atoms with E-state index in [4.69, 9.17) is 4.42 Å². The molecule has 158 valence electrons. The highest BCUT2D eigenvalue weighted by molar-refractivity contribution is 7.07. The van der Waals surface area contributed by atoms with Crippen LogP contribution < -0.4 is 5.63 Å². The summed E-state index contributed by atoms with van der Waals surface area (Å²) in [4.78, 5) is 31.7. The lowest BCUT2D eigenvalue weighted by Crippen LogP contribution is -2.40. The molecule has 1 saturated heterocycles. The molecule has 6 nitrogen and oxygen atoms in total. The normalized spacial score (nSPS) is 14.9. The molecule has 0 bridgehead atoms. The fourth-order valence-electron chi connectivity index (χ4n) is 4.28. The van der Waals surface area contributed by atoms with E-state index >= 15 is 0 Å². The van der Waals surface area contributed by atoms with Gasteiger partial charge in [-0.05, 0) is 53.8 Å². The summed E-state index contributed by atoms with van der Waals surface area (Å²) in [6, 6.07) is 11.1. The van der Waals surface area contributed by atoms with Crippen LogP contribution in [-0.2, 0) is 13.0 Å². The Morgan fingerprint density at radius 1 is 1.19 bits per heavy atom. The van der Waals surface area contributed by atoms with Gasteiger partial charge < -0.3 is 13.9 Å². The summed E-state index contributed by atoms with van der Waals surface area (Å²) >= 11 is 1.72. The summed E-state index contributed by atoms with van der Waals surface area (Å²) in [5.41, 5.74) is 1.38. The number of benzene rings is 1. The first-order chi connectivity index (χ1) is 15.2. The summed E-state index contributed by atoms with van der Waals surface area (Å²) in [6.07, 6.45) is 6.56. The summed E-state index contributed by atoms with van der Waals surface area (Å²) in [5.74, 6) is 1.15. The van der Waals surface area contributed by atoms with E-state index in [1.807, 2.05) is 30.6 Å². The zero-order valence-electron chi connectivity index (χ0n) is 17.1. The number of imidazole rings is 1. The molecule has 4 heterocycles. The lowest BCUT2D eigenvalue weighted by molar-refractivity contribution is 0.0706. The Hall–Kier alpha value is -3.19. The number of fused-ring (bicyclic) bond motifs is 1. The van der Waals surface area contributed by atoms with Crippen molar-refractivity contribution in [3.63, 3.8) is 0 Å². The lowest BCUT2D eigenvalue weighted by Gasteiger charge is -2.31. The van der Waals surface area contributed by atoms with Gasteiger partial charge in [0.05, 0.1) is 0 Å². The zero-order chi connectivity index (χ0) is 21.2. The molecule has 4 aromatic rings. The molecular weight excluding hydrogens is 410 g/mol. The van der Waals surface area contributed by atoms with Crippen LogP contribution in [0.5, 0.6) is 0 Å². The van der Waals surface area contributed by atoms with Gasteiger partial charge in [0, 0.05) is 43.3 Å². The van der Waals surface area contributed by atoms with Crippen molar-refractivity contribution in [3.8, 4) is 0 Å². The smallest absolute Gasteiger partial charge is 0.349 e. The number of hydrogen-bond acceptors (Lipinski definition) is 5. The van der Waals surface area contributed by atoms with Crippen LogP contribution in [0.2, 0.25) is 0 Å². The van der Waals surface area contributed by atoms with Crippen molar-refractivity contribution in [2.45, 2.75) is 31.7 Å². The number of piperidine rings is 1. The third-order valence-electron chi connectivity index (χ3n) is 5.99. The number of para-hydroxylation sites is 1. The highest BCUT2D eigenvalue weighted by atomic mass is 32.1. The number of thiophene rings is 1. The Balaban J connectivity index is 1.26. The van der Waals surface area contributed by atoms with Crippen LogP contribution in [0.1, 0.15) is 40.5 Å². The van der Waals surface area contributed by atoms with Crippen LogP contribution in [-0.4, -0.2) is 33.4 Å². The molecular formula is C24H23N3O3S. The van der Waals surface area contributed by atoms with Gasteiger partial charge in [0.15, 0.2) is 0 Å². The van der Waals surface area contributed by atoms with E-state index in [2.05, 4.69) is 26.4 Å². The number of hydrogen-bond donors (Lipinski definition) is 0. The highest BCUT2D eigenvalue weighted by Crippen LogP contribution is 2.28. The Kier molecular flexibility index (Phi) is 5.42. The fraction of sp³-hybridized carbons (Fsp3) is 0.292. The molecule has 5 rings (SSSR count). The second-order valence-electron chi connectivity index (χ2n) is 7.91. The van der Waals surface area contributed by atoms with Crippen LogP contribution in [0, 0.1) is 0 Å². The molecule has 1 aliphatic rings. The van der Waals surface area contributed by atoms with Gasteiger partial charge in [0.25, 0.3) is 5.91 Å². The molecule has 0 unspecified atom stereocenters. The summed E-state index contributed by atoms with van der Waals surface area (Å²) in [5, 5.41) is 5.05. The molecule has 3 aromatic heterocycles.